The van der Waals surface area contributed by atoms with E-state index in [1.54, 1.807) is 6.07 Å². The number of rotatable bonds is 3. The van der Waals surface area contributed by atoms with E-state index in [1.165, 1.54) is 7.11 Å². The number of para-hydroxylation sites is 1. The molecular weight excluding hydrogens is 198 g/mol. The molecule has 0 bridgehead atoms. The first-order chi connectivity index (χ1) is 6.77. The Bertz CT molecular complexity index is 383. The van der Waals surface area contributed by atoms with Crippen LogP contribution in [-0.2, 0) is 16.0 Å². The predicted octanol–water partition coefficient (Wildman–Crippen LogP) is 2.14. The van der Waals surface area contributed by atoms with Crippen molar-refractivity contribution in [1.29, 1.82) is 0 Å². The number of thiocarbonyl (C=S) groups is 1. The van der Waals surface area contributed by atoms with E-state index in [1.807, 2.05) is 18.2 Å². The van der Waals surface area contributed by atoms with Gasteiger partial charge in [0.25, 0.3) is 0 Å². The Balaban J connectivity index is 2.95. The van der Waals surface area contributed by atoms with E-state index in [0.29, 0.717) is 5.69 Å². The first-order valence-electron chi connectivity index (χ1n) is 4.00. The number of nitrogens with zero attached hydrogens (tertiary/aromatic N) is 1. The maximum Gasteiger partial charge on any atom is 0.310 e. The number of hydrogen-bond acceptors (Lipinski definition) is 4. The van der Waals surface area contributed by atoms with Crippen molar-refractivity contribution in [3.63, 3.8) is 0 Å². The monoisotopic (exact) mass is 207 g/mol. The van der Waals surface area contributed by atoms with E-state index >= 15 is 0 Å². The van der Waals surface area contributed by atoms with Crippen LogP contribution in [0.3, 0.4) is 0 Å². The van der Waals surface area contributed by atoms with Gasteiger partial charge < -0.3 is 4.74 Å². The molecule has 1 aromatic carbocycles. The van der Waals surface area contributed by atoms with Crippen molar-refractivity contribution in [3.8, 4) is 0 Å². The van der Waals surface area contributed by atoms with E-state index in [2.05, 4.69) is 27.1 Å². The second-order valence-electron chi connectivity index (χ2n) is 2.58. The van der Waals surface area contributed by atoms with Crippen molar-refractivity contribution < 1.29 is 9.53 Å². The topological polar surface area (TPSA) is 38.7 Å². The minimum Gasteiger partial charge on any atom is -0.469 e. The highest BCUT2D eigenvalue weighted by molar-refractivity contribution is 7.78. The lowest BCUT2D eigenvalue weighted by Crippen LogP contribution is -2.04. The normalized spacial score (nSPS) is 8.93. The molecule has 0 amide bonds. The number of isothiocyanates is 1. The van der Waals surface area contributed by atoms with Crippen LogP contribution >= 0.6 is 12.2 Å². The molecule has 0 aliphatic heterocycles. The van der Waals surface area contributed by atoms with Crippen molar-refractivity contribution in [2.45, 2.75) is 6.42 Å². The van der Waals surface area contributed by atoms with Gasteiger partial charge in [0.1, 0.15) is 0 Å². The zero-order chi connectivity index (χ0) is 10.4. The molecule has 0 N–H and O–H groups in total. The molecule has 0 aliphatic rings. The van der Waals surface area contributed by atoms with Gasteiger partial charge in [-0.05, 0) is 23.8 Å². The highest BCUT2D eigenvalue weighted by Gasteiger charge is 2.06. The molecule has 1 rings (SSSR count). The molecule has 0 heterocycles. The van der Waals surface area contributed by atoms with Crippen LogP contribution in [0.5, 0.6) is 0 Å². The quantitative estimate of drug-likeness (QED) is 0.433. The van der Waals surface area contributed by atoms with Crippen LogP contribution in [0.15, 0.2) is 29.3 Å². The van der Waals surface area contributed by atoms with Crippen LogP contribution in [-0.4, -0.2) is 18.2 Å². The van der Waals surface area contributed by atoms with E-state index in [0.717, 1.165) is 5.56 Å². The van der Waals surface area contributed by atoms with Gasteiger partial charge in [0.15, 0.2) is 0 Å². The average molecular weight is 207 g/mol. The summed E-state index contributed by atoms with van der Waals surface area (Å²) in [6.45, 7) is 0. The lowest BCUT2D eigenvalue weighted by Gasteiger charge is -2.02. The molecule has 0 radical (unpaired) electrons. The second-order valence-corrected chi connectivity index (χ2v) is 2.77. The molecule has 0 fully saturated rings. The maximum atomic E-state index is 11.0. The second kappa shape index (κ2) is 5.27. The van der Waals surface area contributed by atoms with Crippen molar-refractivity contribution >= 4 is 29.0 Å². The molecule has 0 aliphatic carbocycles. The number of ether oxygens (including phenoxy) is 1. The molecule has 0 spiro atoms. The van der Waals surface area contributed by atoms with Gasteiger partial charge in [-0.2, -0.15) is 4.99 Å². The minimum absolute atomic E-state index is 0.202. The van der Waals surface area contributed by atoms with E-state index in [9.17, 15) is 4.79 Å². The fourth-order valence-electron chi connectivity index (χ4n) is 1.05. The van der Waals surface area contributed by atoms with Gasteiger partial charge in [-0.25, -0.2) is 0 Å². The number of aliphatic imine (C=N–C) groups is 1. The van der Waals surface area contributed by atoms with Gasteiger partial charge in [0.05, 0.1) is 24.4 Å². The number of methoxy groups -OCH3 is 1. The number of carbonyl (C=O) groups is 1. The molecule has 0 aromatic heterocycles. The van der Waals surface area contributed by atoms with Gasteiger partial charge in [-0.1, -0.05) is 18.2 Å². The van der Waals surface area contributed by atoms with Gasteiger partial charge in [0.2, 0.25) is 0 Å². The Morgan fingerprint density at radius 3 is 2.93 bits per heavy atom. The summed E-state index contributed by atoms with van der Waals surface area (Å²) in [7, 11) is 1.35. The molecule has 3 nitrogen and oxygen atoms in total. The summed E-state index contributed by atoms with van der Waals surface area (Å²) in [4.78, 5) is 14.9. The molecule has 4 heteroatoms. The van der Waals surface area contributed by atoms with E-state index in [4.69, 9.17) is 0 Å². The van der Waals surface area contributed by atoms with Crippen LogP contribution in [0.4, 0.5) is 5.69 Å². The Kier molecular flexibility index (Phi) is 3.98. The zero-order valence-electron chi connectivity index (χ0n) is 7.69. The summed E-state index contributed by atoms with van der Waals surface area (Å²) in [5, 5.41) is 2.27. The Morgan fingerprint density at radius 1 is 1.57 bits per heavy atom. The Labute approximate surface area is 87.4 Å². The van der Waals surface area contributed by atoms with Crippen LogP contribution in [0, 0.1) is 0 Å². The van der Waals surface area contributed by atoms with Gasteiger partial charge in [-0.15, -0.1) is 0 Å². The van der Waals surface area contributed by atoms with E-state index in [-0.39, 0.29) is 12.4 Å². The fourth-order valence-corrected chi connectivity index (χ4v) is 1.14. The lowest BCUT2D eigenvalue weighted by atomic mass is 10.1. The summed E-state index contributed by atoms with van der Waals surface area (Å²) < 4.78 is 4.56. The van der Waals surface area contributed by atoms with Gasteiger partial charge in [-0.3, -0.25) is 4.79 Å². The smallest absolute Gasteiger partial charge is 0.310 e. The SMILES string of the molecule is COC(=O)Cc1ccccc1N=C=S. The number of hydrogen-bond donors (Lipinski definition) is 0. The number of esters is 1. The van der Waals surface area contributed by atoms with Crippen molar-refractivity contribution in [2.24, 2.45) is 4.99 Å². The predicted molar refractivity (Wildman–Crippen MR) is 56.8 cm³/mol. The largest absolute Gasteiger partial charge is 0.469 e. The molecule has 0 saturated carbocycles. The maximum absolute atomic E-state index is 11.0. The van der Waals surface area contributed by atoms with Gasteiger partial charge in [0, 0.05) is 0 Å². The highest BCUT2D eigenvalue weighted by Crippen LogP contribution is 2.18. The molecule has 0 atom stereocenters. The Hall–Kier alpha value is -1.51. The molecular formula is C10H9NO2S. The van der Waals surface area contributed by atoms with Crippen LogP contribution < -0.4 is 0 Å². The molecule has 14 heavy (non-hydrogen) atoms. The molecule has 0 unspecified atom stereocenters. The lowest BCUT2D eigenvalue weighted by molar-refractivity contribution is -0.139. The van der Waals surface area contributed by atoms with Crippen molar-refractivity contribution in [1.82, 2.24) is 0 Å². The standard InChI is InChI=1S/C10H9NO2S/c1-13-10(12)6-8-4-2-3-5-9(8)11-7-14/h2-5H,6H2,1H3. The minimum atomic E-state index is -0.294. The van der Waals surface area contributed by atoms with Gasteiger partial charge >= 0.3 is 5.97 Å². The Morgan fingerprint density at radius 2 is 2.29 bits per heavy atom. The molecule has 0 saturated heterocycles. The third-order valence-electron chi connectivity index (χ3n) is 1.72. The third kappa shape index (κ3) is 2.76. The summed E-state index contributed by atoms with van der Waals surface area (Å²) in [5.41, 5.74) is 1.45. The van der Waals surface area contributed by atoms with E-state index < -0.39 is 0 Å². The zero-order valence-corrected chi connectivity index (χ0v) is 8.50. The third-order valence-corrected chi connectivity index (χ3v) is 1.81. The first kappa shape index (κ1) is 10.6. The number of benzene rings is 1. The van der Waals surface area contributed by atoms with Crippen LogP contribution in [0.1, 0.15) is 5.56 Å². The summed E-state index contributed by atoms with van der Waals surface area (Å²) in [6, 6.07) is 7.24. The van der Waals surface area contributed by atoms with Crippen molar-refractivity contribution in [2.75, 3.05) is 7.11 Å². The van der Waals surface area contributed by atoms with Crippen LogP contribution in [0.25, 0.3) is 0 Å². The summed E-state index contributed by atoms with van der Waals surface area (Å²) in [6.07, 6.45) is 0.202. The van der Waals surface area contributed by atoms with Crippen LogP contribution in [0.2, 0.25) is 0 Å². The molecule has 1 aromatic rings. The molecule has 72 valence electrons. The highest BCUT2D eigenvalue weighted by atomic mass is 32.1. The average Bonchev–Trinajstić information content (AvgIpc) is 2.21. The van der Waals surface area contributed by atoms with Crippen molar-refractivity contribution in [3.05, 3.63) is 29.8 Å². The first-order valence-corrected chi connectivity index (χ1v) is 4.41. The number of carbonyl (C=O) groups excluding carboxylic acids is 1. The fraction of sp³-hybridized carbons (Fsp3) is 0.200. The summed E-state index contributed by atoms with van der Waals surface area (Å²) >= 11 is 4.50. The summed E-state index contributed by atoms with van der Waals surface area (Å²) in [5.74, 6) is -0.294.